The number of likely N-dealkylation sites (N-methyl/N-ethyl adjacent to an activating group) is 1. The number of Topliss-reactive ketones (excluding diaryl/α,β-unsaturated/α-hetero) is 2. The molecule has 3 aliphatic carbocycles. The summed E-state index contributed by atoms with van der Waals surface area (Å²) in [6, 6.07) is 5.82. The Kier molecular flexibility index (Phi) is 7.27. The largest absolute Gasteiger partial charge is 0.508 e. The van der Waals surface area contributed by atoms with Crippen LogP contribution in [0.3, 0.4) is 0 Å². The Labute approximate surface area is 248 Å². The quantitative estimate of drug-likeness (QED) is 0.223. The van der Waals surface area contributed by atoms with Crippen molar-refractivity contribution in [2.24, 2.45) is 17.6 Å². The number of alkyl halides is 3. The van der Waals surface area contributed by atoms with E-state index >= 15 is 0 Å². The number of carbonyl (C=O) groups is 3. The van der Waals surface area contributed by atoms with Crippen LogP contribution in [0.15, 0.2) is 53.3 Å². The molecule has 0 spiro atoms. The minimum Gasteiger partial charge on any atom is -0.508 e. The zero-order valence-corrected chi connectivity index (χ0v) is 23.6. The van der Waals surface area contributed by atoms with Crippen LogP contribution in [0, 0.1) is 11.8 Å². The first-order chi connectivity index (χ1) is 20.4. The average molecular weight is 615 g/mol. The lowest BCUT2D eigenvalue weighted by atomic mass is 9.54. The predicted molar refractivity (Wildman–Crippen MR) is 151 cm³/mol. The fourth-order valence-electron chi connectivity index (χ4n) is 6.74. The van der Waals surface area contributed by atoms with Gasteiger partial charge < -0.3 is 31.3 Å². The van der Waals surface area contributed by atoms with Crippen molar-refractivity contribution in [2.75, 3.05) is 14.1 Å². The molecule has 13 heteroatoms. The number of carbonyl (C=O) groups excluding carboxylic acids is 3. The maximum atomic E-state index is 14.1. The van der Waals surface area contributed by atoms with Gasteiger partial charge in [-0.05, 0) is 43.3 Å². The van der Waals surface area contributed by atoms with Gasteiger partial charge in [0.05, 0.1) is 29.2 Å². The molecule has 10 nitrogen and oxygen atoms in total. The van der Waals surface area contributed by atoms with E-state index in [0.717, 1.165) is 12.1 Å². The highest BCUT2D eigenvalue weighted by Gasteiger charge is 2.68. The van der Waals surface area contributed by atoms with E-state index in [1.54, 1.807) is 6.92 Å². The van der Waals surface area contributed by atoms with Crippen molar-refractivity contribution in [3.63, 3.8) is 0 Å². The number of halogens is 3. The van der Waals surface area contributed by atoms with Crippen LogP contribution in [0.5, 0.6) is 5.75 Å². The molecule has 7 N–H and O–H groups in total. The van der Waals surface area contributed by atoms with E-state index in [2.05, 4.69) is 0 Å². The summed E-state index contributed by atoms with van der Waals surface area (Å²) in [6.07, 6.45) is -3.41. The molecule has 0 bridgehead atoms. The summed E-state index contributed by atoms with van der Waals surface area (Å²) in [4.78, 5) is 40.7. The zero-order valence-electron chi connectivity index (χ0n) is 23.6. The maximum Gasteiger partial charge on any atom is 0.416 e. The van der Waals surface area contributed by atoms with Crippen LogP contribution in [-0.4, -0.2) is 79.7 Å². The van der Waals surface area contributed by atoms with Crippen molar-refractivity contribution >= 4 is 35.4 Å². The molecule has 0 radical (unpaired) electrons. The van der Waals surface area contributed by atoms with Crippen molar-refractivity contribution in [3.05, 3.63) is 81.1 Å². The third kappa shape index (κ3) is 4.33. The van der Waals surface area contributed by atoms with Crippen LogP contribution >= 0.6 is 0 Å². The molecule has 6 atom stereocenters. The number of hydrogen-bond acceptors (Lipinski definition) is 9. The number of benzene rings is 2. The van der Waals surface area contributed by atoms with Gasteiger partial charge in [-0.15, -0.1) is 0 Å². The van der Waals surface area contributed by atoms with Crippen molar-refractivity contribution in [1.82, 2.24) is 4.90 Å². The summed E-state index contributed by atoms with van der Waals surface area (Å²) < 4.78 is 38.7. The third-order valence-corrected chi connectivity index (χ3v) is 8.85. The predicted octanol–water partition coefficient (Wildman–Crippen LogP) is 2.69. The molecule has 5 rings (SSSR count). The fourth-order valence-corrected chi connectivity index (χ4v) is 6.74. The number of aromatic hydroxyl groups is 1. The van der Waals surface area contributed by atoms with E-state index in [4.69, 9.17) is 5.73 Å². The molecule has 44 heavy (non-hydrogen) atoms. The van der Waals surface area contributed by atoms with E-state index in [1.165, 1.54) is 55.4 Å². The summed E-state index contributed by atoms with van der Waals surface area (Å²) in [5.74, 6) is -9.96. The van der Waals surface area contributed by atoms with Crippen LogP contribution in [0.1, 0.15) is 40.7 Å². The number of phenolic OH excluding ortho intramolecular Hbond substituents is 1. The molecule has 3 aliphatic rings. The second-order valence-corrected chi connectivity index (χ2v) is 11.5. The molecule has 0 unspecified atom stereocenters. The molecule has 1 amide bonds. The van der Waals surface area contributed by atoms with E-state index < -0.39 is 93.1 Å². The van der Waals surface area contributed by atoms with Crippen LogP contribution < -0.4 is 5.73 Å². The molecule has 2 aromatic rings. The number of phenols is 1. The van der Waals surface area contributed by atoms with E-state index in [1.807, 2.05) is 0 Å². The Morgan fingerprint density at radius 2 is 1.64 bits per heavy atom. The van der Waals surface area contributed by atoms with Crippen LogP contribution in [-0.2, 0) is 20.6 Å². The van der Waals surface area contributed by atoms with Gasteiger partial charge in [-0.3, -0.25) is 19.3 Å². The third-order valence-electron chi connectivity index (χ3n) is 8.85. The van der Waals surface area contributed by atoms with Gasteiger partial charge in [-0.1, -0.05) is 43.3 Å². The SMILES string of the molecule is C[C@@H]1c2ccc(/C=C/c3ccc(C(F)(F)F)cc3)c(O)c2C(O)=C2C(=O)[C@@]3(O)C(O)=C(C(N)=O)C(=O)[C@H](N(C)C)[C@H]3[C@H](O)[C@@H]21. The van der Waals surface area contributed by atoms with Gasteiger partial charge in [0.1, 0.15) is 22.8 Å². The maximum absolute atomic E-state index is 14.1. The monoisotopic (exact) mass is 614 g/mol. The molecular formula is C31H29F3N2O8. The minimum atomic E-state index is -4.51. The normalized spacial score (nSPS) is 28.8. The Bertz CT molecular complexity index is 1690. The van der Waals surface area contributed by atoms with Crippen molar-refractivity contribution in [2.45, 2.75) is 36.8 Å². The van der Waals surface area contributed by atoms with Crippen molar-refractivity contribution in [3.8, 4) is 5.75 Å². The van der Waals surface area contributed by atoms with Crippen molar-refractivity contribution < 1.29 is 53.1 Å². The number of aliphatic hydroxyl groups excluding tert-OH is 3. The van der Waals surface area contributed by atoms with Gasteiger partial charge in [0.15, 0.2) is 11.4 Å². The Morgan fingerprint density at radius 1 is 1.02 bits per heavy atom. The van der Waals surface area contributed by atoms with Gasteiger partial charge >= 0.3 is 6.18 Å². The summed E-state index contributed by atoms with van der Waals surface area (Å²) in [7, 11) is 2.84. The highest BCUT2D eigenvalue weighted by Crippen LogP contribution is 2.56. The fraction of sp³-hybridized carbons (Fsp3) is 0.323. The number of aliphatic hydroxyl groups is 4. The first-order valence-corrected chi connectivity index (χ1v) is 13.5. The molecule has 232 valence electrons. The first kappa shape index (κ1) is 31.0. The lowest BCUT2D eigenvalue weighted by molar-refractivity contribution is -0.169. The summed E-state index contributed by atoms with van der Waals surface area (Å²) in [6.45, 7) is 1.60. The van der Waals surface area contributed by atoms with Gasteiger partial charge in [0, 0.05) is 17.1 Å². The lowest BCUT2D eigenvalue weighted by Crippen LogP contribution is -2.70. The minimum absolute atomic E-state index is 0.122. The number of rotatable bonds is 4. The molecule has 0 aliphatic heterocycles. The number of nitrogens with zero attached hydrogens (tertiary/aromatic N) is 1. The summed E-state index contributed by atoms with van der Waals surface area (Å²) in [5.41, 5.74) is 0.530. The topological polar surface area (TPSA) is 182 Å². The molecular weight excluding hydrogens is 585 g/mol. The van der Waals surface area contributed by atoms with Crippen molar-refractivity contribution in [1.29, 1.82) is 0 Å². The Balaban J connectivity index is 1.64. The van der Waals surface area contributed by atoms with Crippen LogP contribution in [0.4, 0.5) is 13.2 Å². The van der Waals surface area contributed by atoms with Crippen LogP contribution in [0.2, 0.25) is 0 Å². The molecule has 1 fully saturated rings. The standard InChI is InChI=1S/C31H29F3N2O8/c1-12-16-11-8-14(7-4-13-5-9-15(10-6-13)31(32,33)34)23(37)18(16)24(38)19-17(12)25(39)21-22(36(2)3)26(40)20(29(35)43)28(42)30(21,44)27(19)41/h4-12,17,21-22,25,37-39,42,44H,1-3H3,(H2,35,43)/b7-4+/t12-,17-,21+,22-,25-,30-/m1/s1. The number of hydrogen-bond donors (Lipinski definition) is 6. The highest BCUT2D eigenvalue weighted by molar-refractivity contribution is 6.24. The molecule has 0 aromatic heterocycles. The van der Waals surface area contributed by atoms with Gasteiger partial charge in [0.2, 0.25) is 5.78 Å². The average Bonchev–Trinajstić information content (AvgIpc) is 2.93. The highest BCUT2D eigenvalue weighted by atomic mass is 19.4. The van der Waals surface area contributed by atoms with Gasteiger partial charge in [-0.2, -0.15) is 13.2 Å². The number of primary amides is 1. The second-order valence-electron chi connectivity index (χ2n) is 11.5. The number of ketones is 2. The second kappa shape index (κ2) is 10.3. The smallest absolute Gasteiger partial charge is 0.416 e. The Hall–Kier alpha value is -4.46. The molecule has 2 aromatic carbocycles. The summed E-state index contributed by atoms with van der Waals surface area (Å²) in [5, 5.41) is 57.0. The molecule has 0 saturated heterocycles. The number of nitrogens with two attached hydrogens (primary N) is 1. The van der Waals surface area contributed by atoms with Gasteiger partial charge in [0.25, 0.3) is 5.91 Å². The summed E-state index contributed by atoms with van der Waals surface area (Å²) >= 11 is 0. The number of amides is 1. The first-order valence-electron chi connectivity index (χ1n) is 13.5. The van der Waals surface area contributed by atoms with Crippen LogP contribution in [0.25, 0.3) is 17.9 Å². The Morgan fingerprint density at radius 3 is 2.18 bits per heavy atom. The number of fused-ring (bicyclic) bond motifs is 3. The van der Waals surface area contributed by atoms with E-state index in [9.17, 15) is 53.1 Å². The van der Waals surface area contributed by atoms with E-state index in [0.29, 0.717) is 11.1 Å². The molecule has 0 heterocycles. The van der Waals surface area contributed by atoms with E-state index in [-0.39, 0.29) is 11.1 Å². The zero-order chi connectivity index (χ0) is 32.6. The van der Waals surface area contributed by atoms with Gasteiger partial charge in [-0.25, -0.2) is 0 Å². The lowest BCUT2D eigenvalue weighted by Gasteiger charge is -2.53. The molecule has 1 saturated carbocycles.